The van der Waals surface area contributed by atoms with Gasteiger partial charge >= 0.3 is 0 Å². The summed E-state index contributed by atoms with van der Waals surface area (Å²) >= 11 is 0. The minimum absolute atomic E-state index is 0.0625. The summed E-state index contributed by atoms with van der Waals surface area (Å²) in [4.78, 5) is 28.8. The van der Waals surface area contributed by atoms with Crippen LogP contribution in [0.1, 0.15) is 27.8 Å². The predicted octanol–water partition coefficient (Wildman–Crippen LogP) is 3.07. The van der Waals surface area contributed by atoms with Gasteiger partial charge in [-0.05, 0) is 56.5 Å². The minimum Gasteiger partial charge on any atom is -0.337 e. The highest BCUT2D eigenvalue weighted by Crippen LogP contribution is 2.22. The zero-order chi connectivity index (χ0) is 20.3. The van der Waals surface area contributed by atoms with Gasteiger partial charge in [0.15, 0.2) is 0 Å². The number of anilines is 1. The molecule has 148 valence electrons. The van der Waals surface area contributed by atoms with E-state index in [1.807, 2.05) is 44.9 Å². The average Bonchev–Trinajstić information content (AvgIpc) is 2.64. The monoisotopic (exact) mass is 379 g/mol. The van der Waals surface area contributed by atoms with Gasteiger partial charge in [0.05, 0.1) is 13.1 Å². The molecule has 1 N–H and O–H groups in total. The first-order chi connectivity index (χ1) is 13.3. The van der Waals surface area contributed by atoms with Gasteiger partial charge < -0.3 is 10.2 Å². The molecule has 5 heteroatoms. The highest BCUT2D eigenvalue weighted by atomic mass is 16.2. The largest absolute Gasteiger partial charge is 0.337 e. The molecule has 0 radical (unpaired) electrons. The van der Waals surface area contributed by atoms with Crippen LogP contribution in [0.2, 0.25) is 0 Å². The van der Waals surface area contributed by atoms with Gasteiger partial charge in [-0.2, -0.15) is 0 Å². The van der Waals surface area contributed by atoms with Crippen molar-refractivity contribution in [1.29, 1.82) is 0 Å². The predicted molar refractivity (Wildman–Crippen MR) is 112 cm³/mol. The molecule has 0 spiro atoms. The third-order valence-electron chi connectivity index (χ3n) is 5.24. The maximum absolute atomic E-state index is 12.7. The Hall–Kier alpha value is -2.66. The zero-order valence-corrected chi connectivity index (χ0v) is 17.2. The van der Waals surface area contributed by atoms with Crippen LogP contribution in [0.3, 0.4) is 0 Å². The van der Waals surface area contributed by atoms with E-state index < -0.39 is 0 Å². The Balaban J connectivity index is 1.53. The highest BCUT2D eigenvalue weighted by molar-refractivity contribution is 5.94. The molecule has 5 nitrogen and oxygen atoms in total. The molecule has 0 bridgehead atoms. The number of nitrogens with zero attached hydrogens (tertiary/aromatic N) is 2. The van der Waals surface area contributed by atoms with E-state index in [2.05, 4.69) is 29.6 Å². The van der Waals surface area contributed by atoms with E-state index in [0.717, 1.165) is 29.8 Å². The van der Waals surface area contributed by atoms with Crippen LogP contribution in [-0.4, -0.2) is 48.3 Å². The molecule has 1 aliphatic rings. The lowest BCUT2D eigenvalue weighted by molar-refractivity contribution is -0.133. The summed E-state index contributed by atoms with van der Waals surface area (Å²) in [6, 6.07) is 12.4. The zero-order valence-electron chi connectivity index (χ0n) is 17.2. The minimum atomic E-state index is -0.102. The average molecular weight is 380 g/mol. The van der Waals surface area contributed by atoms with Gasteiger partial charge in [-0.3, -0.25) is 14.5 Å². The van der Waals surface area contributed by atoms with Crippen molar-refractivity contribution in [1.82, 2.24) is 9.80 Å². The molecule has 3 rings (SSSR count). The molecular weight excluding hydrogens is 350 g/mol. The van der Waals surface area contributed by atoms with Gasteiger partial charge in [0.2, 0.25) is 11.8 Å². The Kier molecular flexibility index (Phi) is 6.15. The van der Waals surface area contributed by atoms with Gasteiger partial charge in [-0.15, -0.1) is 0 Å². The molecule has 2 aromatic carbocycles. The summed E-state index contributed by atoms with van der Waals surface area (Å²) < 4.78 is 0. The van der Waals surface area contributed by atoms with Crippen molar-refractivity contribution in [3.63, 3.8) is 0 Å². The number of nitrogens with one attached hydrogen (secondary N) is 1. The second-order valence-corrected chi connectivity index (χ2v) is 7.83. The molecule has 1 heterocycles. The van der Waals surface area contributed by atoms with E-state index in [1.54, 1.807) is 4.90 Å². The second kappa shape index (κ2) is 8.57. The number of rotatable bonds is 5. The first-order valence-electron chi connectivity index (χ1n) is 9.74. The van der Waals surface area contributed by atoms with Crippen molar-refractivity contribution < 1.29 is 9.59 Å². The number of carbonyl (C=O) groups excluding carboxylic acids is 2. The van der Waals surface area contributed by atoms with Crippen molar-refractivity contribution in [3.8, 4) is 0 Å². The van der Waals surface area contributed by atoms with E-state index >= 15 is 0 Å². The molecule has 28 heavy (non-hydrogen) atoms. The second-order valence-electron chi connectivity index (χ2n) is 7.83. The fourth-order valence-corrected chi connectivity index (χ4v) is 3.90. The topological polar surface area (TPSA) is 52.7 Å². The Morgan fingerprint density at radius 1 is 1.04 bits per heavy atom. The first kappa shape index (κ1) is 20.1. The molecule has 2 amide bonds. The van der Waals surface area contributed by atoms with Crippen molar-refractivity contribution in [2.75, 3.05) is 32.0 Å². The van der Waals surface area contributed by atoms with Crippen LogP contribution in [-0.2, 0) is 22.6 Å². The smallest absolute Gasteiger partial charge is 0.238 e. The Labute approximate surface area is 167 Å². The van der Waals surface area contributed by atoms with Crippen LogP contribution in [0, 0.1) is 20.8 Å². The van der Waals surface area contributed by atoms with Gasteiger partial charge in [0.25, 0.3) is 0 Å². The fraction of sp³-hybridized carbons (Fsp3) is 0.391. The van der Waals surface area contributed by atoms with Crippen LogP contribution < -0.4 is 5.32 Å². The lowest BCUT2D eigenvalue weighted by Crippen LogP contribution is -2.43. The van der Waals surface area contributed by atoms with Gasteiger partial charge in [0, 0.05) is 18.8 Å². The third-order valence-corrected chi connectivity index (χ3v) is 5.24. The first-order valence-corrected chi connectivity index (χ1v) is 9.74. The maximum atomic E-state index is 12.7. The molecule has 0 atom stereocenters. The molecule has 0 aromatic heterocycles. The molecule has 0 unspecified atom stereocenters. The van der Waals surface area contributed by atoms with Crippen LogP contribution >= 0.6 is 0 Å². The summed E-state index contributed by atoms with van der Waals surface area (Å²) in [5.74, 6) is -0.0400. The number of fused-ring (bicyclic) bond motifs is 1. The maximum Gasteiger partial charge on any atom is 0.238 e. The number of amides is 2. The molecule has 0 aliphatic carbocycles. The number of hydrogen-bond acceptors (Lipinski definition) is 3. The summed E-state index contributed by atoms with van der Waals surface area (Å²) in [5.41, 5.74) is 6.69. The van der Waals surface area contributed by atoms with Crippen LogP contribution in [0.4, 0.5) is 5.69 Å². The number of aryl methyl sites for hydroxylation is 3. The van der Waals surface area contributed by atoms with E-state index in [-0.39, 0.29) is 24.9 Å². The fourth-order valence-electron chi connectivity index (χ4n) is 3.90. The Morgan fingerprint density at radius 3 is 2.36 bits per heavy atom. The van der Waals surface area contributed by atoms with E-state index in [9.17, 15) is 9.59 Å². The third kappa shape index (κ3) is 4.78. The van der Waals surface area contributed by atoms with Crippen LogP contribution in [0.5, 0.6) is 0 Å². The molecular formula is C23H29N3O2. The normalized spacial score (nSPS) is 13.4. The van der Waals surface area contributed by atoms with Gasteiger partial charge in [-0.25, -0.2) is 0 Å². The van der Waals surface area contributed by atoms with Crippen molar-refractivity contribution in [3.05, 3.63) is 64.2 Å². The molecule has 0 saturated heterocycles. The van der Waals surface area contributed by atoms with Crippen molar-refractivity contribution in [2.45, 2.75) is 33.7 Å². The molecule has 1 aliphatic heterocycles. The van der Waals surface area contributed by atoms with Crippen molar-refractivity contribution in [2.24, 2.45) is 0 Å². The van der Waals surface area contributed by atoms with Crippen LogP contribution in [0.15, 0.2) is 36.4 Å². The van der Waals surface area contributed by atoms with E-state index in [0.29, 0.717) is 6.54 Å². The standard InChI is InChI=1S/C23H29N3O2/c1-16-11-17(2)23(18(3)12-16)24-21(27)14-25(4)15-22(28)26-10-9-19-7-5-6-8-20(19)13-26/h5-8,11-12H,9-10,13-15H2,1-4H3,(H,24,27). The quantitative estimate of drug-likeness (QED) is 0.869. The van der Waals surface area contributed by atoms with E-state index in [4.69, 9.17) is 0 Å². The molecule has 0 saturated carbocycles. The molecule has 2 aromatic rings. The van der Waals surface area contributed by atoms with Gasteiger partial charge in [-0.1, -0.05) is 42.0 Å². The van der Waals surface area contributed by atoms with Crippen LogP contribution in [0.25, 0.3) is 0 Å². The lowest BCUT2D eigenvalue weighted by Gasteiger charge is -2.30. The summed E-state index contributed by atoms with van der Waals surface area (Å²) in [5, 5.41) is 3.00. The SMILES string of the molecule is Cc1cc(C)c(NC(=O)CN(C)CC(=O)N2CCc3ccccc3C2)c(C)c1. The number of benzene rings is 2. The summed E-state index contributed by atoms with van der Waals surface area (Å²) in [7, 11) is 1.81. The number of carbonyl (C=O) groups is 2. The summed E-state index contributed by atoms with van der Waals surface area (Å²) in [6.07, 6.45) is 0.887. The summed E-state index contributed by atoms with van der Waals surface area (Å²) in [6.45, 7) is 7.84. The number of hydrogen-bond donors (Lipinski definition) is 1. The van der Waals surface area contributed by atoms with Crippen molar-refractivity contribution >= 4 is 17.5 Å². The Bertz CT molecular complexity index is 868. The Morgan fingerprint density at radius 2 is 1.68 bits per heavy atom. The highest BCUT2D eigenvalue weighted by Gasteiger charge is 2.22. The van der Waals surface area contributed by atoms with E-state index in [1.165, 1.54) is 16.7 Å². The molecule has 0 fully saturated rings. The lowest BCUT2D eigenvalue weighted by atomic mass is 10.00. The van der Waals surface area contributed by atoms with Gasteiger partial charge in [0.1, 0.15) is 0 Å². The number of likely N-dealkylation sites (N-methyl/N-ethyl adjacent to an activating group) is 1.